The summed E-state index contributed by atoms with van der Waals surface area (Å²) in [7, 11) is 3.40. The molecule has 0 radical (unpaired) electrons. The molecule has 1 aromatic rings. The van der Waals surface area contributed by atoms with Gasteiger partial charge in [-0.05, 0) is 24.1 Å². The van der Waals surface area contributed by atoms with Crippen LogP contribution in [0.15, 0.2) is 24.3 Å². The average Bonchev–Trinajstić information content (AvgIpc) is 2.21. The fourth-order valence-corrected chi connectivity index (χ4v) is 1.36. The van der Waals surface area contributed by atoms with Crippen LogP contribution in [-0.4, -0.2) is 14.2 Å². The predicted molar refractivity (Wildman–Crippen MR) is 53.0 cm³/mol. The van der Waals surface area contributed by atoms with Crippen molar-refractivity contribution in [2.75, 3.05) is 14.2 Å². The van der Waals surface area contributed by atoms with Gasteiger partial charge in [-0.1, -0.05) is 19.1 Å². The van der Waals surface area contributed by atoms with Crippen molar-refractivity contribution in [3.63, 3.8) is 0 Å². The first-order valence-corrected chi connectivity index (χ1v) is 4.48. The molecule has 0 unspecified atom stereocenters. The summed E-state index contributed by atoms with van der Waals surface area (Å²) < 4.78 is 10.4. The third kappa shape index (κ3) is 2.46. The molecule has 0 amide bonds. The lowest BCUT2D eigenvalue weighted by Gasteiger charge is -2.13. The van der Waals surface area contributed by atoms with Crippen LogP contribution < -0.4 is 4.74 Å². The summed E-state index contributed by atoms with van der Waals surface area (Å²) in [6.45, 7) is 2.11. The summed E-state index contributed by atoms with van der Waals surface area (Å²) in [5.41, 5.74) is 1.20. The van der Waals surface area contributed by atoms with Crippen molar-refractivity contribution in [2.24, 2.45) is 0 Å². The van der Waals surface area contributed by atoms with Gasteiger partial charge in [-0.15, -0.1) is 0 Å². The molecule has 0 N–H and O–H groups in total. The Morgan fingerprint density at radius 2 is 1.77 bits per heavy atom. The molecule has 0 fully saturated rings. The zero-order valence-corrected chi connectivity index (χ0v) is 8.41. The van der Waals surface area contributed by atoms with Crippen molar-refractivity contribution in [3.8, 4) is 5.75 Å². The van der Waals surface area contributed by atoms with E-state index in [9.17, 15) is 0 Å². The van der Waals surface area contributed by atoms with Crippen LogP contribution >= 0.6 is 0 Å². The van der Waals surface area contributed by atoms with Gasteiger partial charge in [-0.25, -0.2) is 0 Å². The molecule has 0 bridgehead atoms. The maximum absolute atomic E-state index is 5.32. The van der Waals surface area contributed by atoms with E-state index < -0.39 is 0 Å². The van der Waals surface area contributed by atoms with Crippen LogP contribution in [0.3, 0.4) is 0 Å². The fourth-order valence-electron chi connectivity index (χ4n) is 1.36. The predicted octanol–water partition coefficient (Wildman–Crippen LogP) is 2.79. The van der Waals surface area contributed by atoms with Gasteiger partial charge in [-0.2, -0.15) is 0 Å². The summed E-state index contributed by atoms with van der Waals surface area (Å²) >= 11 is 0. The van der Waals surface area contributed by atoms with Gasteiger partial charge in [0.25, 0.3) is 0 Å². The van der Waals surface area contributed by atoms with E-state index in [4.69, 9.17) is 9.47 Å². The maximum Gasteiger partial charge on any atom is 0.118 e. The number of benzene rings is 1. The van der Waals surface area contributed by atoms with E-state index in [1.54, 1.807) is 14.2 Å². The lowest BCUT2D eigenvalue weighted by Crippen LogP contribution is -1.99. The summed E-state index contributed by atoms with van der Waals surface area (Å²) in [6, 6.07) is 7.99. The highest BCUT2D eigenvalue weighted by molar-refractivity contribution is 5.28. The molecule has 1 aromatic carbocycles. The minimum atomic E-state index is 0.200. The second-order valence-electron chi connectivity index (χ2n) is 2.91. The molecular weight excluding hydrogens is 164 g/mol. The average molecular weight is 180 g/mol. The van der Waals surface area contributed by atoms with Crippen LogP contribution in [-0.2, 0) is 4.74 Å². The van der Waals surface area contributed by atoms with Gasteiger partial charge >= 0.3 is 0 Å². The highest BCUT2D eigenvalue weighted by Gasteiger charge is 2.06. The molecule has 0 spiro atoms. The Morgan fingerprint density at radius 1 is 1.15 bits per heavy atom. The Kier molecular flexibility index (Phi) is 3.77. The van der Waals surface area contributed by atoms with Gasteiger partial charge in [0, 0.05) is 7.11 Å². The van der Waals surface area contributed by atoms with Crippen molar-refractivity contribution in [1.29, 1.82) is 0 Å². The van der Waals surface area contributed by atoms with E-state index in [0.717, 1.165) is 12.2 Å². The van der Waals surface area contributed by atoms with Crippen LogP contribution in [0.25, 0.3) is 0 Å². The molecule has 13 heavy (non-hydrogen) atoms. The third-order valence-electron chi connectivity index (χ3n) is 2.14. The molecule has 0 aliphatic carbocycles. The normalized spacial score (nSPS) is 12.5. The second-order valence-corrected chi connectivity index (χ2v) is 2.91. The quantitative estimate of drug-likeness (QED) is 0.709. The highest BCUT2D eigenvalue weighted by Crippen LogP contribution is 2.22. The van der Waals surface area contributed by atoms with Crippen LogP contribution in [0.1, 0.15) is 25.0 Å². The van der Waals surface area contributed by atoms with Crippen LogP contribution in [0, 0.1) is 0 Å². The van der Waals surface area contributed by atoms with Crippen molar-refractivity contribution < 1.29 is 9.47 Å². The number of methoxy groups -OCH3 is 2. The van der Waals surface area contributed by atoms with Gasteiger partial charge in [-0.3, -0.25) is 0 Å². The minimum absolute atomic E-state index is 0.200. The maximum atomic E-state index is 5.32. The number of rotatable bonds is 4. The number of ether oxygens (including phenoxy) is 2. The second kappa shape index (κ2) is 4.87. The van der Waals surface area contributed by atoms with Crippen molar-refractivity contribution >= 4 is 0 Å². The van der Waals surface area contributed by atoms with Gasteiger partial charge in [0.15, 0.2) is 0 Å². The summed E-state index contributed by atoms with van der Waals surface area (Å²) in [5.74, 6) is 0.884. The number of hydrogen-bond acceptors (Lipinski definition) is 2. The molecule has 1 atom stereocenters. The third-order valence-corrected chi connectivity index (χ3v) is 2.14. The molecule has 2 heteroatoms. The van der Waals surface area contributed by atoms with Crippen LogP contribution in [0.4, 0.5) is 0 Å². The summed E-state index contributed by atoms with van der Waals surface area (Å²) in [4.78, 5) is 0. The van der Waals surface area contributed by atoms with Gasteiger partial charge < -0.3 is 9.47 Å². The SMILES string of the molecule is CC[C@H](OC)c1ccc(OC)cc1. The molecule has 0 aliphatic heterocycles. The van der Waals surface area contributed by atoms with Crippen molar-refractivity contribution in [1.82, 2.24) is 0 Å². The Balaban J connectivity index is 2.78. The smallest absolute Gasteiger partial charge is 0.118 e. The van der Waals surface area contributed by atoms with E-state index in [1.807, 2.05) is 24.3 Å². The highest BCUT2D eigenvalue weighted by atomic mass is 16.5. The molecular formula is C11H16O2. The van der Waals surface area contributed by atoms with Gasteiger partial charge in [0.2, 0.25) is 0 Å². The van der Waals surface area contributed by atoms with E-state index in [2.05, 4.69) is 6.92 Å². The molecule has 0 saturated carbocycles. The van der Waals surface area contributed by atoms with E-state index in [1.165, 1.54) is 5.56 Å². The van der Waals surface area contributed by atoms with Crippen molar-refractivity contribution in [2.45, 2.75) is 19.4 Å². The van der Waals surface area contributed by atoms with Gasteiger partial charge in [0.05, 0.1) is 13.2 Å². The Bertz CT molecular complexity index is 237. The minimum Gasteiger partial charge on any atom is -0.497 e. The molecule has 0 saturated heterocycles. The topological polar surface area (TPSA) is 18.5 Å². The largest absolute Gasteiger partial charge is 0.497 e. The van der Waals surface area contributed by atoms with Crippen molar-refractivity contribution in [3.05, 3.63) is 29.8 Å². The number of hydrogen-bond donors (Lipinski definition) is 0. The fraction of sp³-hybridized carbons (Fsp3) is 0.455. The van der Waals surface area contributed by atoms with E-state index in [0.29, 0.717) is 0 Å². The molecule has 2 nitrogen and oxygen atoms in total. The summed E-state index contributed by atoms with van der Waals surface area (Å²) in [5, 5.41) is 0. The summed E-state index contributed by atoms with van der Waals surface area (Å²) in [6.07, 6.45) is 1.19. The first-order valence-electron chi connectivity index (χ1n) is 4.48. The monoisotopic (exact) mass is 180 g/mol. The lowest BCUT2D eigenvalue weighted by atomic mass is 10.1. The van der Waals surface area contributed by atoms with Crippen LogP contribution in [0.2, 0.25) is 0 Å². The zero-order valence-electron chi connectivity index (χ0n) is 8.41. The first-order chi connectivity index (χ1) is 6.31. The molecule has 72 valence electrons. The Hall–Kier alpha value is -1.02. The molecule has 0 aromatic heterocycles. The van der Waals surface area contributed by atoms with Crippen LogP contribution in [0.5, 0.6) is 5.75 Å². The van der Waals surface area contributed by atoms with Gasteiger partial charge in [0.1, 0.15) is 5.75 Å². The van der Waals surface area contributed by atoms with E-state index >= 15 is 0 Å². The molecule has 0 aliphatic rings. The Labute approximate surface area is 79.5 Å². The Morgan fingerprint density at radius 3 is 2.15 bits per heavy atom. The molecule has 1 rings (SSSR count). The zero-order chi connectivity index (χ0) is 9.68. The first kappa shape index (κ1) is 10.1. The standard InChI is InChI=1S/C11H16O2/c1-4-11(13-3)9-5-7-10(12-2)8-6-9/h5-8,11H,4H2,1-3H3/t11-/m0/s1. The van der Waals surface area contributed by atoms with E-state index in [-0.39, 0.29) is 6.10 Å². The lowest BCUT2D eigenvalue weighted by molar-refractivity contribution is 0.1000. The molecule has 0 heterocycles.